The van der Waals surface area contributed by atoms with Crippen LogP contribution >= 0.6 is 0 Å². The first-order chi connectivity index (χ1) is 12.1. The van der Waals surface area contributed by atoms with Gasteiger partial charge >= 0.3 is 11.9 Å². The van der Waals surface area contributed by atoms with Crippen LogP contribution in [0, 0.1) is 0 Å². The number of aliphatic hydroxyl groups excluding tert-OH is 2. The van der Waals surface area contributed by atoms with Gasteiger partial charge < -0.3 is 20.4 Å². The van der Waals surface area contributed by atoms with E-state index < -0.39 is 24.1 Å². The summed E-state index contributed by atoms with van der Waals surface area (Å²) < 4.78 is 2.60. The molecule has 0 amide bonds. The molecule has 4 atom stereocenters. The summed E-state index contributed by atoms with van der Waals surface area (Å²) in [5, 5.41) is 43.6. The largest absolute Gasteiger partial charge is 0.477 e. The van der Waals surface area contributed by atoms with Crippen molar-refractivity contribution in [3.8, 4) is 0 Å². The summed E-state index contributed by atoms with van der Waals surface area (Å²) >= 11 is 0. The Balaban J connectivity index is 0.000000260. The van der Waals surface area contributed by atoms with Gasteiger partial charge in [-0.05, 0) is 39.8 Å². The van der Waals surface area contributed by atoms with Gasteiger partial charge in [-0.15, -0.1) is 0 Å². The molecule has 26 heavy (non-hydrogen) atoms. The first kappa shape index (κ1) is 21.3. The van der Waals surface area contributed by atoms with Crippen molar-refractivity contribution in [1.82, 2.24) is 19.6 Å². The van der Waals surface area contributed by atoms with E-state index in [0.717, 1.165) is 0 Å². The molecule has 0 spiro atoms. The third-order valence-electron chi connectivity index (χ3n) is 3.95. The maximum Gasteiger partial charge on any atom is 0.354 e. The standard InChI is InChI=1S/2C8H12N2O3/c2*1-5(6(2)11)10-7(8(12)13)3-4-9-10/h2*3-6,11H,1-2H3,(H,12,13)/t2*5-,6-/m10/s1. The molecular formula is C16H24N4O6. The smallest absolute Gasteiger partial charge is 0.354 e. The number of hydrogen-bond acceptors (Lipinski definition) is 6. The third kappa shape index (κ3) is 5.14. The van der Waals surface area contributed by atoms with Crippen LogP contribution < -0.4 is 0 Å². The number of nitrogens with zero attached hydrogens (tertiary/aromatic N) is 4. The third-order valence-corrected chi connectivity index (χ3v) is 3.95. The molecule has 0 aliphatic heterocycles. The molecule has 10 nitrogen and oxygen atoms in total. The highest BCUT2D eigenvalue weighted by atomic mass is 16.4. The molecular weight excluding hydrogens is 344 g/mol. The lowest BCUT2D eigenvalue weighted by Gasteiger charge is -2.16. The van der Waals surface area contributed by atoms with Crippen LogP contribution in [0.5, 0.6) is 0 Å². The monoisotopic (exact) mass is 368 g/mol. The van der Waals surface area contributed by atoms with Crippen molar-refractivity contribution in [2.75, 3.05) is 0 Å². The van der Waals surface area contributed by atoms with Crippen molar-refractivity contribution >= 4 is 11.9 Å². The molecule has 4 N–H and O–H groups in total. The predicted octanol–water partition coefficient (Wildman–Crippen LogP) is 1.05. The van der Waals surface area contributed by atoms with E-state index in [1.165, 1.54) is 33.9 Å². The molecule has 0 aliphatic rings. The van der Waals surface area contributed by atoms with Crippen LogP contribution in [-0.4, -0.2) is 64.1 Å². The van der Waals surface area contributed by atoms with E-state index in [2.05, 4.69) is 10.2 Å². The maximum atomic E-state index is 10.7. The highest BCUT2D eigenvalue weighted by molar-refractivity contribution is 5.85. The van der Waals surface area contributed by atoms with Gasteiger partial charge in [0.15, 0.2) is 0 Å². The zero-order valence-corrected chi connectivity index (χ0v) is 15.0. The van der Waals surface area contributed by atoms with E-state index in [1.54, 1.807) is 27.7 Å². The van der Waals surface area contributed by atoms with Gasteiger partial charge in [0.1, 0.15) is 11.4 Å². The molecule has 0 saturated heterocycles. The van der Waals surface area contributed by atoms with Gasteiger partial charge in [0.25, 0.3) is 0 Å². The van der Waals surface area contributed by atoms with E-state index >= 15 is 0 Å². The van der Waals surface area contributed by atoms with Crippen LogP contribution in [0.1, 0.15) is 60.8 Å². The van der Waals surface area contributed by atoms with Gasteiger partial charge in [0.05, 0.1) is 24.3 Å². The lowest BCUT2D eigenvalue weighted by molar-refractivity contribution is 0.0656. The number of carboxylic acid groups (broad SMARTS) is 2. The minimum absolute atomic E-state index is 0.0911. The Bertz CT molecular complexity index is 674. The molecule has 0 saturated carbocycles. The van der Waals surface area contributed by atoms with E-state index in [-0.39, 0.29) is 23.5 Å². The SMILES string of the molecule is C[C@H](O)[C@H](C)n1nccc1C(=O)O.C[C@H]([C@@H](C)O)n1nccc1C(=O)O. The lowest BCUT2D eigenvalue weighted by atomic mass is 10.2. The van der Waals surface area contributed by atoms with Crippen molar-refractivity contribution in [3.63, 3.8) is 0 Å². The van der Waals surface area contributed by atoms with Gasteiger partial charge in [0.2, 0.25) is 0 Å². The van der Waals surface area contributed by atoms with Crippen molar-refractivity contribution in [2.24, 2.45) is 0 Å². The van der Waals surface area contributed by atoms with Crippen LogP contribution in [-0.2, 0) is 0 Å². The maximum absolute atomic E-state index is 10.7. The molecule has 0 fully saturated rings. The number of aromatic nitrogens is 4. The number of aromatic carboxylic acids is 2. The van der Waals surface area contributed by atoms with Gasteiger partial charge in [-0.25, -0.2) is 9.59 Å². The van der Waals surface area contributed by atoms with Gasteiger partial charge in [0, 0.05) is 12.4 Å². The summed E-state index contributed by atoms with van der Waals surface area (Å²) in [4.78, 5) is 21.3. The Hall–Kier alpha value is -2.72. The summed E-state index contributed by atoms with van der Waals surface area (Å²) in [6, 6.07) is 2.14. The fourth-order valence-corrected chi connectivity index (χ4v) is 2.02. The molecule has 0 radical (unpaired) electrons. The minimum Gasteiger partial charge on any atom is -0.477 e. The number of rotatable bonds is 6. The van der Waals surface area contributed by atoms with Crippen molar-refractivity contribution in [2.45, 2.75) is 52.0 Å². The number of hydrogen-bond donors (Lipinski definition) is 4. The van der Waals surface area contributed by atoms with E-state index in [0.29, 0.717) is 0 Å². The molecule has 0 bridgehead atoms. The molecule has 0 aliphatic carbocycles. The summed E-state index contributed by atoms with van der Waals surface area (Å²) in [7, 11) is 0. The number of carboxylic acids is 2. The van der Waals surface area contributed by atoms with Crippen LogP contribution in [0.2, 0.25) is 0 Å². The van der Waals surface area contributed by atoms with E-state index in [1.807, 2.05) is 0 Å². The van der Waals surface area contributed by atoms with E-state index in [9.17, 15) is 19.8 Å². The van der Waals surface area contributed by atoms with Crippen molar-refractivity contribution < 1.29 is 30.0 Å². The molecule has 10 heteroatoms. The fourth-order valence-electron chi connectivity index (χ4n) is 2.02. The minimum atomic E-state index is -1.04. The Morgan fingerprint density at radius 1 is 0.808 bits per heavy atom. The molecule has 2 aromatic rings. The van der Waals surface area contributed by atoms with Crippen LogP contribution in [0.25, 0.3) is 0 Å². The Morgan fingerprint density at radius 3 is 1.35 bits per heavy atom. The topological polar surface area (TPSA) is 151 Å². The van der Waals surface area contributed by atoms with Crippen LogP contribution in [0.15, 0.2) is 24.5 Å². The zero-order chi connectivity index (χ0) is 20.0. The summed E-state index contributed by atoms with van der Waals surface area (Å²) in [5.41, 5.74) is 0.182. The molecule has 2 rings (SSSR count). The normalized spacial score (nSPS) is 15.3. The zero-order valence-electron chi connectivity index (χ0n) is 15.0. The second-order valence-electron chi connectivity index (χ2n) is 5.89. The fraction of sp³-hybridized carbons (Fsp3) is 0.500. The predicted molar refractivity (Wildman–Crippen MR) is 91.2 cm³/mol. The van der Waals surface area contributed by atoms with Gasteiger partial charge in [-0.3, -0.25) is 9.36 Å². The Morgan fingerprint density at radius 2 is 1.12 bits per heavy atom. The quantitative estimate of drug-likeness (QED) is 0.590. The molecule has 0 unspecified atom stereocenters. The molecule has 0 aromatic carbocycles. The van der Waals surface area contributed by atoms with Crippen molar-refractivity contribution in [1.29, 1.82) is 0 Å². The highest BCUT2D eigenvalue weighted by Gasteiger charge is 2.19. The Kier molecular flexibility index (Phi) is 7.47. The average molecular weight is 368 g/mol. The summed E-state index contributed by atoms with van der Waals surface area (Å²) in [6.07, 6.45) is 1.56. The first-order valence-corrected chi connectivity index (χ1v) is 7.97. The average Bonchev–Trinajstić information content (AvgIpc) is 3.22. The molecule has 2 aromatic heterocycles. The molecule has 144 valence electrons. The lowest BCUT2D eigenvalue weighted by Crippen LogP contribution is -2.22. The van der Waals surface area contributed by atoms with E-state index in [4.69, 9.17) is 10.2 Å². The Labute approximate surface area is 150 Å². The number of carbonyl (C=O) groups is 2. The second kappa shape index (κ2) is 9.11. The number of aliphatic hydroxyl groups is 2. The highest BCUT2D eigenvalue weighted by Crippen LogP contribution is 2.13. The first-order valence-electron chi connectivity index (χ1n) is 7.97. The van der Waals surface area contributed by atoms with Crippen molar-refractivity contribution in [3.05, 3.63) is 35.9 Å². The summed E-state index contributed by atoms with van der Waals surface area (Å²) in [5.74, 6) is -2.07. The molecule has 2 heterocycles. The second-order valence-corrected chi connectivity index (χ2v) is 5.89. The van der Waals surface area contributed by atoms with Crippen LogP contribution in [0.4, 0.5) is 0 Å². The van der Waals surface area contributed by atoms with Gasteiger partial charge in [-0.2, -0.15) is 10.2 Å². The van der Waals surface area contributed by atoms with Gasteiger partial charge in [-0.1, -0.05) is 0 Å². The van der Waals surface area contributed by atoms with Crippen LogP contribution in [0.3, 0.4) is 0 Å². The summed E-state index contributed by atoms with van der Waals surface area (Å²) in [6.45, 7) is 6.62.